The van der Waals surface area contributed by atoms with E-state index >= 15 is 0 Å². The molecule has 0 aliphatic carbocycles. The highest BCUT2D eigenvalue weighted by atomic mass is 79.9. The zero-order chi connectivity index (χ0) is 10.8. The van der Waals surface area contributed by atoms with E-state index in [1.165, 1.54) is 16.8 Å². The second-order valence-corrected chi connectivity index (χ2v) is 5.75. The van der Waals surface area contributed by atoms with E-state index in [-0.39, 0.29) is 0 Å². The Balaban J connectivity index is 2.17. The lowest BCUT2D eigenvalue weighted by Gasteiger charge is -2.29. The van der Waals surface area contributed by atoms with Crippen molar-refractivity contribution >= 4 is 33.6 Å². The highest BCUT2D eigenvalue weighted by Crippen LogP contribution is 2.30. The topological polar surface area (TPSA) is 3.24 Å². The number of nitrogens with zero attached hydrogens (tertiary/aromatic N) is 1. The van der Waals surface area contributed by atoms with Gasteiger partial charge in [-0.2, -0.15) is 0 Å². The second-order valence-electron chi connectivity index (χ2n) is 3.85. The lowest BCUT2D eigenvalue weighted by atomic mass is 10.1. The molecule has 80 valence electrons. The number of hydrogen-bond acceptors (Lipinski definition) is 2. The molecule has 1 aliphatic rings. The van der Waals surface area contributed by atoms with Crippen molar-refractivity contribution in [3.63, 3.8) is 0 Å². The van der Waals surface area contributed by atoms with Crippen molar-refractivity contribution in [1.82, 2.24) is 0 Å². The predicted molar refractivity (Wildman–Crippen MR) is 72.3 cm³/mol. The first-order chi connectivity index (χ1) is 7.16. The van der Waals surface area contributed by atoms with Crippen molar-refractivity contribution in [2.24, 2.45) is 0 Å². The molecule has 0 atom stereocenters. The molecule has 0 aromatic heterocycles. The van der Waals surface area contributed by atoms with E-state index in [2.05, 4.69) is 58.3 Å². The van der Waals surface area contributed by atoms with E-state index in [0.717, 1.165) is 16.8 Å². The van der Waals surface area contributed by atoms with Gasteiger partial charge in [0.1, 0.15) is 0 Å². The Labute approximate surface area is 104 Å². The summed E-state index contributed by atoms with van der Waals surface area (Å²) in [6.07, 6.45) is 0. The van der Waals surface area contributed by atoms with E-state index in [9.17, 15) is 0 Å². The van der Waals surface area contributed by atoms with Crippen molar-refractivity contribution in [2.75, 3.05) is 16.6 Å². The van der Waals surface area contributed by atoms with Crippen LogP contribution in [0.5, 0.6) is 0 Å². The molecule has 0 saturated heterocycles. The van der Waals surface area contributed by atoms with Gasteiger partial charge in [-0.05, 0) is 50.1 Å². The van der Waals surface area contributed by atoms with Crippen LogP contribution in [0.4, 0.5) is 5.69 Å². The summed E-state index contributed by atoms with van der Waals surface area (Å²) in [7, 11) is 0. The minimum atomic E-state index is 1.04. The van der Waals surface area contributed by atoms with Crippen LogP contribution in [0.2, 0.25) is 0 Å². The van der Waals surface area contributed by atoms with Crippen molar-refractivity contribution in [1.29, 1.82) is 0 Å². The summed E-state index contributed by atoms with van der Waals surface area (Å²) in [5, 5.41) is 0. The predicted octanol–water partition coefficient (Wildman–Crippen LogP) is 4.25. The lowest BCUT2D eigenvalue weighted by Crippen LogP contribution is -2.22. The summed E-state index contributed by atoms with van der Waals surface area (Å²) >= 11 is 5.35. The molecule has 0 radical (unpaired) electrons. The van der Waals surface area contributed by atoms with Crippen LogP contribution in [-0.2, 0) is 0 Å². The van der Waals surface area contributed by atoms with E-state index < -0.39 is 0 Å². The largest absolute Gasteiger partial charge is 0.312 e. The number of rotatable bonds is 1. The summed E-state index contributed by atoms with van der Waals surface area (Å²) < 4.78 is 3.49. The zero-order valence-electron chi connectivity index (χ0n) is 8.96. The Bertz CT molecular complexity index is 383. The fourth-order valence-electron chi connectivity index (χ4n) is 1.47. The van der Waals surface area contributed by atoms with Crippen LogP contribution in [0.1, 0.15) is 13.8 Å². The highest BCUT2D eigenvalue weighted by molar-refractivity contribution is 9.10. The molecule has 1 heterocycles. The smallest absolute Gasteiger partial charge is 0.0506 e. The van der Waals surface area contributed by atoms with Crippen LogP contribution >= 0.6 is 27.9 Å². The maximum atomic E-state index is 3.46. The summed E-state index contributed by atoms with van der Waals surface area (Å²) in [6, 6.07) is 8.50. The SMILES string of the molecule is CC1=C(C)CN(c2ccc(Br)cc2)SC1. The van der Waals surface area contributed by atoms with Gasteiger partial charge in [0.05, 0.1) is 6.54 Å². The van der Waals surface area contributed by atoms with Crippen LogP contribution in [0.15, 0.2) is 39.9 Å². The Hall–Kier alpha value is -0.410. The molecule has 0 bridgehead atoms. The van der Waals surface area contributed by atoms with Crippen molar-refractivity contribution < 1.29 is 0 Å². The fraction of sp³-hybridized carbons (Fsp3) is 0.333. The Morgan fingerprint density at radius 2 is 1.80 bits per heavy atom. The third kappa shape index (κ3) is 2.58. The lowest BCUT2D eigenvalue weighted by molar-refractivity contribution is 1.05. The van der Waals surface area contributed by atoms with Gasteiger partial charge in [-0.3, -0.25) is 0 Å². The number of halogens is 1. The van der Waals surface area contributed by atoms with Gasteiger partial charge in [-0.1, -0.05) is 27.1 Å². The summed E-state index contributed by atoms with van der Waals surface area (Å²) in [5.41, 5.74) is 4.31. The van der Waals surface area contributed by atoms with Gasteiger partial charge < -0.3 is 4.31 Å². The molecule has 1 aromatic carbocycles. The monoisotopic (exact) mass is 283 g/mol. The second kappa shape index (κ2) is 4.62. The fourth-order valence-corrected chi connectivity index (χ4v) is 2.88. The zero-order valence-corrected chi connectivity index (χ0v) is 11.4. The molecule has 0 unspecified atom stereocenters. The minimum Gasteiger partial charge on any atom is -0.312 e. The third-order valence-corrected chi connectivity index (χ3v) is 4.40. The summed E-state index contributed by atoms with van der Waals surface area (Å²) in [6.45, 7) is 5.49. The van der Waals surface area contributed by atoms with Crippen molar-refractivity contribution in [3.05, 3.63) is 39.9 Å². The molecule has 15 heavy (non-hydrogen) atoms. The van der Waals surface area contributed by atoms with E-state index in [0.29, 0.717) is 0 Å². The van der Waals surface area contributed by atoms with Crippen LogP contribution in [0.25, 0.3) is 0 Å². The molecule has 1 aliphatic heterocycles. The average Bonchev–Trinajstić information content (AvgIpc) is 2.23. The molecular formula is C12H14BrNS. The molecule has 2 rings (SSSR count). The summed E-state index contributed by atoms with van der Waals surface area (Å²) in [5.74, 6) is 1.11. The standard InChI is InChI=1S/C12H14BrNS/c1-9-7-14(15-8-10(9)2)12-5-3-11(13)4-6-12/h3-6H,7-8H2,1-2H3. The average molecular weight is 284 g/mol. The van der Waals surface area contributed by atoms with Crippen LogP contribution in [0.3, 0.4) is 0 Å². The number of hydrogen-bond donors (Lipinski definition) is 0. The molecule has 0 amide bonds. The normalized spacial score (nSPS) is 17.1. The van der Waals surface area contributed by atoms with Gasteiger partial charge in [-0.15, -0.1) is 0 Å². The van der Waals surface area contributed by atoms with Gasteiger partial charge in [-0.25, -0.2) is 0 Å². The molecule has 0 spiro atoms. The van der Waals surface area contributed by atoms with E-state index in [1.807, 2.05) is 11.9 Å². The minimum absolute atomic E-state index is 1.04. The van der Waals surface area contributed by atoms with Gasteiger partial charge in [0.2, 0.25) is 0 Å². The third-order valence-electron chi connectivity index (χ3n) is 2.66. The maximum Gasteiger partial charge on any atom is 0.0506 e. The molecule has 3 heteroatoms. The first-order valence-electron chi connectivity index (χ1n) is 4.98. The number of benzene rings is 1. The molecular weight excluding hydrogens is 270 g/mol. The molecule has 0 saturated carbocycles. The molecule has 0 fully saturated rings. The van der Waals surface area contributed by atoms with Gasteiger partial charge in [0, 0.05) is 15.9 Å². The molecule has 0 N–H and O–H groups in total. The molecule has 1 aromatic rings. The quantitative estimate of drug-likeness (QED) is 0.560. The van der Waals surface area contributed by atoms with Crippen molar-refractivity contribution in [3.8, 4) is 0 Å². The van der Waals surface area contributed by atoms with Crippen molar-refractivity contribution in [2.45, 2.75) is 13.8 Å². The highest BCUT2D eigenvalue weighted by Gasteiger charge is 2.14. The van der Waals surface area contributed by atoms with E-state index in [4.69, 9.17) is 0 Å². The molecule has 1 nitrogen and oxygen atoms in total. The Morgan fingerprint density at radius 1 is 1.13 bits per heavy atom. The van der Waals surface area contributed by atoms with Gasteiger partial charge >= 0.3 is 0 Å². The van der Waals surface area contributed by atoms with E-state index in [1.54, 1.807) is 0 Å². The van der Waals surface area contributed by atoms with Crippen LogP contribution in [0, 0.1) is 0 Å². The first kappa shape index (κ1) is 11.1. The number of anilines is 1. The van der Waals surface area contributed by atoms with Crippen LogP contribution in [-0.4, -0.2) is 12.3 Å². The summed E-state index contributed by atoms with van der Waals surface area (Å²) in [4.78, 5) is 0. The Kier molecular flexibility index (Phi) is 3.42. The van der Waals surface area contributed by atoms with Crippen LogP contribution < -0.4 is 4.31 Å². The first-order valence-corrected chi connectivity index (χ1v) is 6.71. The maximum absolute atomic E-state index is 3.46. The Morgan fingerprint density at radius 3 is 2.40 bits per heavy atom. The van der Waals surface area contributed by atoms with Gasteiger partial charge in [0.25, 0.3) is 0 Å². The van der Waals surface area contributed by atoms with Gasteiger partial charge in [0.15, 0.2) is 0 Å².